The van der Waals surface area contributed by atoms with Crippen molar-refractivity contribution in [2.45, 2.75) is 24.8 Å². The van der Waals surface area contributed by atoms with Gasteiger partial charge in [0.15, 0.2) is 5.82 Å². The Morgan fingerprint density at radius 3 is 2.71 bits per heavy atom. The molecular formula is C19H18N6O2S. The van der Waals surface area contributed by atoms with Crippen LogP contribution in [0.4, 0.5) is 5.69 Å². The zero-order chi connectivity index (χ0) is 20.0. The third kappa shape index (κ3) is 4.61. The minimum absolute atomic E-state index is 0.187. The Morgan fingerprint density at radius 1 is 1.18 bits per heavy atom. The first-order valence-corrected chi connectivity index (χ1v) is 9.97. The lowest BCUT2D eigenvalue weighted by molar-refractivity contribution is 0.595. The van der Waals surface area contributed by atoms with Crippen molar-refractivity contribution in [3.63, 3.8) is 0 Å². The van der Waals surface area contributed by atoms with E-state index in [1.165, 1.54) is 16.8 Å². The van der Waals surface area contributed by atoms with E-state index in [4.69, 9.17) is 5.26 Å². The van der Waals surface area contributed by atoms with Crippen molar-refractivity contribution in [1.29, 1.82) is 5.26 Å². The van der Waals surface area contributed by atoms with E-state index < -0.39 is 10.0 Å². The first-order chi connectivity index (χ1) is 13.5. The lowest BCUT2D eigenvalue weighted by Crippen LogP contribution is -2.13. The summed E-state index contributed by atoms with van der Waals surface area (Å²) in [4.78, 5) is 0.187. The molecule has 0 bridgehead atoms. The number of anilines is 1. The standard InChI is InChI=1S/C19H18N6O2S/c1-15-8-9-16(10-11-19-21-23-24-25(19)13-5-12-20)18(14-15)22-28(26,27)17-6-3-2-4-7-17/h2-4,6-11,14,22H,5,13H2,1H3/b11-10+. The second kappa shape index (κ2) is 8.45. The number of nitrogens with one attached hydrogen (secondary N) is 1. The molecule has 1 aromatic heterocycles. The predicted octanol–water partition coefficient (Wildman–Crippen LogP) is 2.87. The molecule has 142 valence electrons. The minimum Gasteiger partial charge on any atom is -0.279 e. The second-order valence-corrected chi connectivity index (χ2v) is 7.69. The van der Waals surface area contributed by atoms with Crippen LogP contribution in [0.3, 0.4) is 0 Å². The van der Waals surface area contributed by atoms with Crippen LogP contribution in [0.1, 0.15) is 23.4 Å². The van der Waals surface area contributed by atoms with E-state index in [0.29, 0.717) is 30.0 Å². The molecule has 0 saturated carbocycles. The summed E-state index contributed by atoms with van der Waals surface area (Å²) >= 11 is 0. The van der Waals surface area contributed by atoms with Gasteiger partial charge < -0.3 is 0 Å². The van der Waals surface area contributed by atoms with Crippen LogP contribution in [0.15, 0.2) is 53.4 Å². The van der Waals surface area contributed by atoms with Crippen molar-refractivity contribution < 1.29 is 8.42 Å². The Bertz CT molecular complexity index is 1130. The molecule has 0 spiro atoms. The van der Waals surface area contributed by atoms with Gasteiger partial charge in [0.05, 0.1) is 29.6 Å². The van der Waals surface area contributed by atoms with Crippen LogP contribution < -0.4 is 4.72 Å². The molecular weight excluding hydrogens is 376 g/mol. The third-order valence-electron chi connectivity index (χ3n) is 3.91. The lowest BCUT2D eigenvalue weighted by atomic mass is 10.1. The number of aromatic nitrogens is 4. The van der Waals surface area contributed by atoms with Crippen molar-refractivity contribution in [2.24, 2.45) is 0 Å². The van der Waals surface area contributed by atoms with Crippen molar-refractivity contribution in [2.75, 3.05) is 4.72 Å². The van der Waals surface area contributed by atoms with E-state index in [1.54, 1.807) is 36.4 Å². The Kier molecular flexibility index (Phi) is 5.81. The number of nitriles is 1. The van der Waals surface area contributed by atoms with Gasteiger partial charge in [-0.25, -0.2) is 13.1 Å². The van der Waals surface area contributed by atoms with Crippen LogP contribution in [0.2, 0.25) is 0 Å². The van der Waals surface area contributed by atoms with E-state index >= 15 is 0 Å². The maximum Gasteiger partial charge on any atom is 0.261 e. The van der Waals surface area contributed by atoms with Crippen LogP contribution in [-0.2, 0) is 16.6 Å². The molecule has 3 rings (SSSR count). The summed E-state index contributed by atoms with van der Waals surface area (Å²) in [5, 5.41) is 20.1. The number of benzene rings is 2. The normalized spacial score (nSPS) is 11.4. The van der Waals surface area contributed by atoms with E-state index in [9.17, 15) is 8.42 Å². The molecule has 0 aliphatic rings. The number of sulfonamides is 1. The Morgan fingerprint density at radius 2 is 1.96 bits per heavy atom. The number of rotatable bonds is 7. The summed E-state index contributed by atoms with van der Waals surface area (Å²) in [7, 11) is -3.71. The zero-order valence-corrected chi connectivity index (χ0v) is 16.0. The minimum atomic E-state index is -3.71. The molecule has 0 unspecified atom stereocenters. The molecule has 0 aliphatic carbocycles. The molecule has 8 nitrogen and oxygen atoms in total. The highest BCUT2D eigenvalue weighted by atomic mass is 32.2. The van der Waals surface area contributed by atoms with Crippen LogP contribution in [0.5, 0.6) is 0 Å². The molecule has 3 aromatic rings. The molecule has 0 aliphatic heterocycles. The number of nitrogens with zero attached hydrogens (tertiary/aromatic N) is 5. The maximum atomic E-state index is 12.7. The van der Waals surface area contributed by atoms with Gasteiger partial charge in [0.1, 0.15) is 0 Å². The van der Waals surface area contributed by atoms with E-state index in [1.807, 2.05) is 25.1 Å². The van der Waals surface area contributed by atoms with Crippen molar-refractivity contribution in [3.8, 4) is 6.07 Å². The first-order valence-electron chi connectivity index (χ1n) is 8.49. The van der Waals surface area contributed by atoms with Gasteiger partial charge in [-0.05, 0) is 58.8 Å². The molecule has 9 heteroatoms. The van der Waals surface area contributed by atoms with Gasteiger partial charge in [-0.3, -0.25) is 4.72 Å². The van der Waals surface area contributed by atoms with Gasteiger partial charge in [0.25, 0.3) is 10.0 Å². The molecule has 0 atom stereocenters. The fraction of sp³-hybridized carbons (Fsp3) is 0.158. The summed E-state index contributed by atoms with van der Waals surface area (Å²) in [5.74, 6) is 0.479. The van der Waals surface area contributed by atoms with E-state index in [0.717, 1.165) is 5.56 Å². The van der Waals surface area contributed by atoms with Crippen molar-refractivity contribution >= 4 is 27.9 Å². The maximum absolute atomic E-state index is 12.7. The summed E-state index contributed by atoms with van der Waals surface area (Å²) < 4.78 is 29.5. The Balaban J connectivity index is 1.90. The van der Waals surface area contributed by atoms with E-state index in [-0.39, 0.29) is 4.90 Å². The largest absolute Gasteiger partial charge is 0.279 e. The van der Waals surface area contributed by atoms with E-state index in [2.05, 4.69) is 20.2 Å². The third-order valence-corrected chi connectivity index (χ3v) is 5.30. The number of tetrazole rings is 1. The van der Waals surface area contributed by atoms with Gasteiger partial charge >= 0.3 is 0 Å². The lowest BCUT2D eigenvalue weighted by Gasteiger charge is -2.12. The quantitative estimate of drug-likeness (QED) is 0.659. The molecule has 0 amide bonds. The zero-order valence-electron chi connectivity index (χ0n) is 15.1. The van der Waals surface area contributed by atoms with Gasteiger partial charge in [0.2, 0.25) is 0 Å². The topological polar surface area (TPSA) is 114 Å². The first kappa shape index (κ1) is 19.3. The van der Waals surface area contributed by atoms with Gasteiger partial charge in [-0.2, -0.15) is 5.26 Å². The molecule has 0 fully saturated rings. The smallest absolute Gasteiger partial charge is 0.261 e. The summed E-state index contributed by atoms with van der Waals surface area (Å²) in [5.41, 5.74) is 2.04. The van der Waals surface area contributed by atoms with Crippen LogP contribution >= 0.6 is 0 Å². The second-order valence-electron chi connectivity index (χ2n) is 6.01. The van der Waals surface area contributed by atoms with Crippen LogP contribution in [0.25, 0.3) is 12.2 Å². The summed E-state index contributed by atoms with van der Waals surface area (Å²) in [6.07, 6.45) is 3.71. The molecule has 1 N–H and O–H groups in total. The summed E-state index contributed by atoms with van der Waals surface area (Å²) in [6, 6.07) is 15.7. The van der Waals surface area contributed by atoms with Gasteiger partial charge in [-0.1, -0.05) is 30.3 Å². The highest BCUT2D eigenvalue weighted by molar-refractivity contribution is 7.92. The molecule has 0 radical (unpaired) electrons. The monoisotopic (exact) mass is 394 g/mol. The highest BCUT2D eigenvalue weighted by Gasteiger charge is 2.15. The van der Waals surface area contributed by atoms with Crippen molar-refractivity contribution in [1.82, 2.24) is 20.2 Å². The fourth-order valence-corrected chi connectivity index (χ4v) is 3.62. The Labute approximate surface area is 163 Å². The molecule has 0 saturated heterocycles. The van der Waals surface area contributed by atoms with Crippen LogP contribution in [-0.4, -0.2) is 28.6 Å². The SMILES string of the molecule is Cc1ccc(/C=C/c2nnnn2CCC#N)c(NS(=O)(=O)c2ccccc2)c1. The average Bonchev–Trinajstić information content (AvgIpc) is 3.13. The predicted molar refractivity (Wildman–Crippen MR) is 105 cm³/mol. The number of hydrogen-bond acceptors (Lipinski definition) is 6. The highest BCUT2D eigenvalue weighted by Crippen LogP contribution is 2.23. The molecule has 1 heterocycles. The van der Waals surface area contributed by atoms with Gasteiger partial charge in [-0.15, -0.1) is 5.10 Å². The van der Waals surface area contributed by atoms with Crippen molar-refractivity contribution in [3.05, 3.63) is 65.5 Å². The van der Waals surface area contributed by atoms with Gasteiger partial charge in [0, 0.05) is 0 Å². The summed E-state index contributed by atoms with van der Waals surface area (Å²) in [6.45, 7) is 2.26. The average molecular weight is 394 g/mol. The molecule has 28 heavy (non-hydrogen) atoms. The number of aryl methyl sites for hydroxylation is 2. The van der Waals surface area contributed by atoms with Crippen LogP contribution in [0, 0.1) is 18.3 Å². The number of hydrogen-bond donors (Lipinski definition) is 1. The Hall–Kier alpha value is -3.51. The molecule has 2 aromatic carbocycles. The fourth-order valence-electron chi connectivity index (χ4n) is 2.52.